The zero-order valence-corrected chi connectivity index (χ0v) is 13.2. The molecule has 5 heteroatoms. The van der Waals surface area contributed by atoms with Gasteiger partial charge in [0.25, 0.3) is 5.91 Å². The summed E-state index contributed by atoms with van der Waals surface area (Å²) in [5, 5.41) is 11.1. The highest BCUT2D eigenvalue weighted by molar-refractivity contribution is 5.95. The molecule has 1 aromatic heterocycles. The molecule has 1 N–H and O–H groups in total. The van der Waals surface area contributed by atoms with Gasteiger partial charge < -0.3 is 10.0 Å². The fraction of sp³-hybridized carbons (Fsp3) is 0.368. The molecule has 1 aromatic carbocycles. The van der Waals surface area contributed by atoms with Crippen molar-refractivity contribution >= 4 is 5.91 Å². The molecule has 2 saturated heterocycles. The molecule has 0 saturated carbocycles. The number of fused-ring (bicyclic) bond motifs is 2. The van der Waals surface area contributed by atoms with Crippen LogP contribution >= 0.6 is 0 Å². The number of amides is 1. The summed E-state index contributed by atoms with van der Waals surface area (Å²) in [6, 6.07) is 9.64. The molecule has 1 amide bonds. The predicted octanol–water partition coefficient (Wildman–Crippen LogP) is 2.88. The monoisotopic (exact) mass is 326 g/mol. The largest absolute Gasteiger partial charge is 0.385 e. The molecule has 2 bridgehead atoms. The zero-order chi connectivity index (χ0) is 16.7. The summed E-state index contributed by atoms with van der Waals surface area (Å²) in [6.07, 6.45) is 5.98. The second-order valence-electron chi connectivity index (χ2n) is 6.76. The number of carbonyl (C=O) groups is 1. The highest BCUT2D eigenvalue weighted by Gasteiger charge is 2.50. The molecule has 124 valence electrons. The van der Waals surface area contributed by atoms with E-state index in [9.17, 15) is 14.3 Å². The van der Waals surface area contributed by atoms with Gasteiger partial charge in [0.1, 0.15) is 5.82 Å². The normalized spacial score (nSPS) is 28.8. The summed E-state index contributed by atoms with van der Waals surface area (Å²) < 4.78 is 14.0. The fourth-order valence-corrected chi connectivity index (χ4v) is 4.20. The average Bonchev–Trinajstić information content (AvgIpc) is 2.88. The Kier molecular flexibility index (Phi) is 3.61. The number of hydrogen-bond acceptors (Lipinski definition) is 3. The van der Waals surface area contributed by atoms with Gasteiger partial charge >= 0.3 is 0 Å². The Morgan fingerprint density at radius 1 is 1.17 bits per heavy atom. The third-order valence-corrected chi connectivity index (χ3v) is 5.30. The third-order valence-electron chi connectivity index (χ3n) is 5.30. The van der Waals surface area contributed by atoms with Crippen molar-refractivity contribution in [2.75, 3.05) is 0 Å². The molecule has 0 spiro atoms. The second-order valence-corrected chi connectivity index (χ2v) is 6.76. The van der Waals surface area contributed by atoms with Crippen molar-refractivity contribution in [1.29, 1.82) is 0 Å². The highest BCUT2D eigenvalue weighted by atomic mass is 19.1. The van der Waals surface area contributed by atoms with Gasteiger partial charge in [-0.3, -0.25) is 9.78 Å². The van der Waals surface area contributed by atoms with Gasteiger partial charge in [0.05, 0.1) is 11.2 Å². The van der Waals surface area contributed by atoms with Crippen molar-refractivity contribution < 1.29 is 14.3 Å². The van der Waals surface area contributed by atoms with Crippen LogP contribution in [-0.4, -0.2) is 33.0 Å². The van der Waals surface area contributed by atoms with E-state index in [4.69, 9.17) is 0 Å². The first-order valence-corrected chi connectivity index (χ1v) is 8.28. The van der Waals surface area contributed by atoms with E-state index < -0.39 is 11.4 Å². The van der Waals surface area contributed by atoms with E-state index in [1.54, 1.807) is 29.4 Å². The van der Waals surface area contributed by atoms with Crippen LogP contribution in [0, 0.1) is 5.82 Å². The van der Waals surface area contributed by atoms with Crippen LogP contribution in [0.4, 0.5) is 4.39 Å². The lowest BCUT2D eigenvalue weighted by atomic mass is 9.81. The summed E-state index contributed by atoms with van der Waals surface area (Å²) in [7, 11) is 0. The molecule has 2 aromatic rings. The molecular weight excluding hydrogens is 307 g/mol. The van der Waals surface area contributed by atoms with E-state index in [1.165, 1.54) is 12.1 Å². The Morgan fingerprint density at radius 3 is 2.50 bits per heavy atom. The van der Waals surface area contributed by atoms with Crippen LogP contribution in [0.2, 0.25) is 0 Å². The van der Waals surface area contributed by atoms with Crippen molar-refractivity contribution in [3.05, 3.63) is 65.7 Å². The van der Waals surface area contributed by atoms with Gasteiger partial charge in [-0.2, -0.15) is 0 Å². The number of aromatic nitrogens is 1. The van der Waals surface area contributed by atoms with Gasteiger partial charge in [-0.05, 0) is 31.0 Å². The number of benzene rings is 1. The van der Waals surface area contributed by atoms with E-state index >= 15 is 0 Å². The molecule has 2 atom stereocenters. The van der Waals surface area contributed by atoms with Crippen LogP contribution in [-0.2, 0) is 5.60 Å². The summed E-state index contributed by atoms with van der Waals surface area (Å²) in [5.74, 6) is -0.760. The van der Waals surface area contributed by atoms with Gasteiger partial charge in [-0.1, -0.05) is 18.2 Å². The molecule has 0 aliphatic carbocycles. The Hall–Kier alpha value is -2.27. The number of rotatable bonds is 2. The number of nitrogens with zero attached hydrogens (tertiary/aromatic N) is 2. The van der Waals surface area contributed by atoms with E-state index in [0.717, 1.165) is 18.4 Å². The lowest BCUT2D eigenvalue weighted by Crippen LogP contribution is -2.52. The topological polar surface area (TPSA) is 53.4 Å². The molecule has 4 rings (SSSR count). The van der Waals surface area contributed by atoms with Crippen LogP contribution in [0.5, 0.6) is 0 Å². The van der Waals surface area contributed by atoms with Gasteiger partial charge in [0, 0.05) is 42.9 Å². The van der Waals surface area contributed by atoms with Crippen molar-refractivity contribution in [2.45, 2.75) is 43.4 Å². The first-order chi connectivity index (χ1) is 11.6. The lowest BCUT2D eigenvalue weighted by Gasteiger charge is -2.44. The molecule has 0 radical (unpaired) electrons. The smallest absolute Gasteiger partial charge is 0.257 e. The number of pyridine rings is 1. The molecule has 24 heavy (non-hydrogen) atoms. The van der Waals surface area contributed by atoms with E-state index in [2.05, 4.69) is 4.98 Å². The van der Waals surface area contributed by atoms with Gasteiger partial charge in [-0.25, -0.2) is 4.39 Å². The van der Waals surface area contributed by atoms with Gasteiger partial charge in [0.15, 0.2) is 0 Å². The molecule has 2 fully saturated rings. The third kappa shape index (κ3) is 2.40. The van der Waals surface area contributed by atoms with Gasteiger partial charge in [-0.15, -0.1) is 0 Å². The Balaban J connectivity index is 1.62. The first kappa shape index (κ1) is 15.3. The Morgan fingerprint density at radius 2 is 1.88 bits per heavy atom. The minimum Gasteiger partial charge on any atom is -0.385 e. The first-order valence-electron chi connectivity index (χ1n) is 8.28. The Bertz CT molecular complexity index is 751. The summed E-state index contributed by atoms with van der Waals surface area (Å²) in [4.78, 5) is 18.7. The predicted molar refractivity (Wildman–Crippen MR) is 86.7 cm³/mol. The highest BCUT2D eigenvalue weighted by Crippen LogP contribution is 2.46. The SMILES string of the molecule is O=C(c1ccccc1F)N1C2CCC1CC(O)(c1cccnc1)C2. The number of halogens is 1. The quantitative estimate of drug-likeness (QED) is 0.923. The average molecular weight is 326 g/mol. The van der Waals surface area contributed by atoms with Crippen LogP contribution in [0.3, 0.4) is 0 Å². The molecule has 4 nitrogen and oxygen atoms in total. The maximum atomic E-state index is 14.0. The minimum atomic E-state index is -0.966. The van der Waals surface area contributed by atoms with Crippen LogP contribution < -0.4 is 0 Å². The second kappa shape index (κ2) is 5.67. The summed E-state index contributed by atoms with van der Waals surface area (Å²) in [5.41, 5.74) is -0.0624. The van der Waals surface area contributed by atoms with Crippen molar-refractivity contribution in [2.24, 2.45) is 0 Å². The van der Waals surface area contributed by atoms with E-state index in [-0.39, 0.29) is 23.6 Å². The van der Waals surface area contributed by atoms with Crippen LogP contribution in [0.1, 0.15) is 41.6 Å². The fourth-order valence-electron chi connectivity index (χ4n) is 4.20. The van der Waals surface area contributed by atoms with Gasteiger partial charge in [0.2, 0.25) is 0 Å². The maximum absolute atomic E-state index is 14.0. The number of aliphatic hydroxyl groups is 1. The lowest BCUT2D eigenvalue weighted by molar-refractivity contribution is -0.0482. The van der Waals surface area contributed by atoms with Crippen LogP contribution in [0.15, 0.2) is 48.8 Å². The van der Waals surface area contributed by atoms with E-state index in [1.807, 2.05) is 12.1 Å². The molecular formula is C19H19FN2O2. The van der Waals surface area contributed by atoms with Crippen LogP contribution in [0.25, 0.3) is 0 Å². The summed E-state index contributed by atoms with van der Waals surface area (Å²) in [6.45, 7) is 0. The zero-order valence-electron chi connectivity index (χ0n) is 13.2. The number of piperidine rings is 1. The molecule has 2 unspecified atom stereocenters. The number of carbonyl (C=O) groups excluding carboxylic acids is 1. The van der Waals surface area contributed by atoms with Crippen molar-refractivity contribution in [3.63, 3.8) is 0 Å². The molecule has 3 heterocycles. The number of hydrogen-bond donors (Lipinski definition) is 1. The van der Waals surface area contributed by atoms with Crippen molar-refractivity contribution in [3.8, 4) is 0 Å². The summed E-state index contributed by atoms with van der Waals surface area (Å²) >= 11 is 0. The van der Waals surface area contributed by atoms with Crippen molar-refractivity contribution in [1.82, 2.24) is 9.88 Å². The Labute approximate surface area is 139 Å². The standard InChI is InChI=1S/C19H19FN2O2/c20-17-6-2-1-5-16(17)18(23)22-14-7-8-15(22)11-19(24,10-14)13-4-3-9-21-12-13/h1-6,9,12,14-15,24H,7-8,10-11H2. The molecule has 2 aliphatic heterocycles. The minimum absolute atomic E-state index is 0.0685. The maximum Gasteiger partial charge on any atom is 0.257 e. The molecule has 2 aliphatic rings. The van der Waals surface area contributed by atoms with E-state index in [0.29, 0.717) is 12.8 Å².